The van der Waals surface area contributed by atoms with Crippen molar-refractivity contribution in [2.24, 2.45) is 11.8 Å². The second-order valence-corrected chi connectivity index (χ2v) is 4.71. The number of rotatable bonds is 2. The van der Waals surface area contributed by atoms with E-state index in [4.69, 9.17) is 9.47 Å². The monoisotopic (exact) mass is 186 g/mol. The van der Waals surface area contributed by atoms with Gasteiger partial charge < -0.3 is 9.47 Å². The van der Waals surface area contributed by atoms with Crippen molar-refractivity contribution in [1.29, 1.82) is 0 Å². The van der Waals surface area contributed by atoms with Crippen LogP contribution in [0.1, 0.15) is 41.0 Å². The molecule has 0 aromatic heterocycles. The van der Waals surface area contributed by atoms with Crippen LogP contribution in [0.3, 0.4) is 0 Å². The van der Waals surface area contributed by atoms with Crippen molar-refractivity contribution in [3.63, 3.8) is 0 Å². The van der Waals surface area contributed by atoms with Crippen molar-refractivity contribution in [2.75, 3.05) is 6.61 Å². The van der Waals surface area contributed by atoms with E-state index in [1.54, 1.807) is 0 Å². The Morgan fingerprint density at radius 1 is 1.38 bits per heavy atom. The van der Waals surface area contributed by atoms with E-state index in [9.17, 15) is 0 Å². The summed E-state index contributed by atoms with van der Waals surface area (Å²) in [5.74, 6) is 0.752. The van der Waals surface area contributed by atoms with Gasteiger partial charge in [0.15, 0.2) is 5.79 Å². The van der Waals surface area contributed by atoms with Crippen molar-refractivity contribution in [3.8, 4) is 0 Å². The van der Waals surface area contributed by atoms with Crippen LogP contribution in [0.2, 0.25) is 0 Å². The summed E-state index contributed by atoms with van der Waals surface area (Å²) in [5, 5.41) is 0. The number of hydrogen-bond acceptors (Lipinski definition) is 2. The molecule has 1 aliphatic heterocycles. The molecule has 1 rings (SSSR count). The highest BCUT2D eigenvalue weighted by Crippen LogP contribution is 2.31. The molecule has 2 atom stereocenters. The predicted molar refractivity (Wildman–Crippen MR) is 53.5 cm³/mol. The van der Waals surface area contributed by atoms with Gasteiger partial charge in [-0.3, -0.25) is 0 Å². The highest BCUT2D eigenvalue weighted by Gasteiger charge is 2.36. The average Bonchev–Trinajstić information content (AvgIpc) is 2.03. The third kappa shape index (κ3) is 2.68. The smallest absolute Gasteiger partial charge is 0.163 e. The Hall–Kier alpha value is -0.0800. The predicted octanol–water partition coefficient (Wildman–Crippen LogP) is 2.82. The molecular weight excluding hydrogens is 164 g/mol. The molecule has 0 amide bonds. The SMILES string of the molecule is CC[C@@H]1COC(C)(C)O[C@@H]1C(C)C. The zero-order chi connectivity index (χ0) is 10.1. The summed E-state index contributed by atoms with van der Waals surface area (Å²) in [5.41, 5.74) is 0. The first-order valence-corrected chi connectivity index (χ1v) is 5.28. The summed E-state index contributed by atoms with van der Waals surface area (Å²) >= 11 is 0. The molecule has 0 bridgehead atoms. The zero-order valence-electron chi connectivity index (χ0n) is 9.46. The maximum atomic E-state index is 5.92. The second kappa shape index (κ2) is 3.97. The molecule has 0 N–H and O–H groups in total. The van der Waals surface area contributed by atoms with E-state index in [1.165, 1.54) is 0 Å². The summed E-state index contributed by atoms with van der Waals surface area (Å²) in [7, 11) is 0. The minimum Gasteiger partial charge on any atom is -0.350 e. The summed E-state index contributed by atoms with van der Waals surface area (Å²) in [4.78, 5) is 0. The maximum absolute atomic E-state index is 5.92. The molecule has 0 unspecified atom stereocenters. The molecule has 0 aromatic carbocycles. The first-order valence-electron chi connectivity index (χ1n) is 5.28. The van der Waals surface area contributed by atoms with Gasteiger partial charge in [-0.25, -0.2) is 0 Å². The molecule has 0 aromatic rings. The van der Waals surface area contributed by atoms with Crippen LogP contribution in [-0.2, 0) is 9.47 Å². The van der Waals surface area contributed by atoms with Crippen LogP contribution < -0.4 is 0 Å². The first-order chi connectivity index (χ1) is 5.96. The van der Waals surface area contributed by atoms with Gasteiger partial charge in [-0.15, -0.1) is 0 Å². The fraction of sp³-hybridized carbons (Fsp3) is 1.00. The molecule has 1 aliphatic rings. The lowest BCUT2D eigenvalue weighted by Gasteiger charge is -2.42. The molecule has 1 heterocycles. The van der Waals surface area contributed by atoms with Crippen LogP contribution in [0.4, 0.5) is 0 Å². The largest absolute Gasteiger partial charge is 0.350 e. The molecule has 2 nitrogen and oxygen atoms in total. The summed E-state index contributed by atoms with van der Waals surface area (Å²) < 4.78 is 11.5. The van der Waals surface area contributed by atoms with Crippen LogP contribution in [0.15, 0.2) is 0 Å². The molecule has 0 spiro atoms. The molecular formula is C11H22O2. The van der Waals surface area contributed by atoms with Gasteiger partial charge in [0, 0.05) is 5.92 Å². The average molecular weight is 186 g/mol. The van der Waals surface area contributed by atoms with Gasteiger partial charge in [-0.1, -0.05) is 20.8 Å². The van der Waals surface area contributed by atoms with Gasteiger partial charge in [-0.2, -0.15) is 0 Å². The number of hydrogen-bond donors (Lipinski definition) is 0. The third-order valence-electron chi connectivity index (χ3n) is 2.71. The van der Waals surface area contributed by atoms with E-state index in [2.05, 4.69) is 20.8 Å². The van der Waals surface area contributed by atoms with E-state index in [1.807, 2.05) is 13.8 Å². The molecule has 13 heavy (non-hydrogen) atoms. The number of ether oxygens (including phenoxy) is 2. The van der Waals surface area contributed by atoms with Gasteiger partial charge >= 0.3 is 0 Å². The quantitative estimate of drug-likeness (QED) is 0.660. The lowest BCUT2D eigenvalue weighted by Crippen LogP contribution is -2.47. The summed E-state index contributed by atoms with van der Waals surface area (Å²) in [6.07, 6.45) is 1.49. The van der Waals surface area contributed by atoms with Gasteiger partial charge in [0.25, 0.3) is 0 Å². The van der Waals surface area contributed by atoms with Crippen molar-refractivity contribution < 1.29 is 9.47 Å². The Balaban J connectivity index is 2.63. The van der Waals surface area contributed by atoms with Crippen LogP contribution in [0.25, 0.3) is 0 Å². The Morgan fingerprint density at radius 2 is 2.00 bits per heavy atom. The maximum Gasteiger partial charge on any atom is 0.163 e. The third-order valence-corrected chi connectivity index (χ3v) is 2.71. The van der Waals surface area contributed by atoms with E-state index >= 15 is 0 Å². The van der Waals surface area contributed by atoms with E-state index in [0.717, 1.165) is 13.0 Å². The van der Waals surface area contributed by atoms with Crippen LogP contribution in [0, 0.1) is 11.8 Å². The van der Waals surface area contributed by atoms with Gasteiger partial charge in [0.1, 0.15) is 0 Å². The van der Waals surface area contributed by atoms with Crippen LogP contribution in [0.5, 0.6) is 0 Å². The Labute approximate surface area is 81.6 Å². The minimum atomic E-state index is -0.388. The Morgan fingerprint density at radius 3 is 2.46 bits per heavy atom. The topological polar surface area (TPSA) is 18.5 Å². The minimum absolute atomic E-state index is 0.355. The molecule has 0 aliphatic carbocycles. The van der Waals surface area contributed by atoms with Crippen molar-refractivity contribution >= 4 is 0 Å². The molecule has 0 saturated carbocycles. The van der Waals surface area contributed by atoms with Crippen molar-refractivity contribution in [1.82, 2.24) is 0 Å². The molecule has 1 saturated heterocycles. The van der Waals surface area contributed by atoms with Crippen LogP contribution >= 0.6 is 0 Å². The van der Waals surface area contributed by atoms with Gasteiger partial charge in [0.05, 0.1) is 12.7 Å². The lowest BCUT2D eigenvalue weighted by atomic mass is 9.90. The Bertz CT molecular complexity index is 163. The molecule has 1 fully saturated rings. The van der Waals surface area contributed by atoms with Crippen molar-refractivity contribution in [3.05, 3.63) is 0 Å². The highest BCUT2D eigenvalue weighted by molar-refractivity contribution is 4.78. The van der Waals surface area contributed by atoms with Gasteiger partial charge in [0.2, 0.25) is 0 Å². The molecule has 78 valence electrons. The first kappa shape index (κ1) is 11.0. The zero-order valence-corrected chi connectivity index (χ0v) is 9.46. The van der Waals surface area contributed by atoms with E-state index in [-0.39, 0.29) is 5.79 Å². The normalized spacial score (nSPS) is 33.7. The molecule has 2 heteroatoms. The van der Waals surface area contributed by atoms with Crippen LogP contribution in [-0.4, -0.2) is 18.5 Å². The summed E-state index contributed by atoms with van der Waals surface area (Å²) in [6.45, 7) is 11.5. The van der Waals surface area contributed by atoms with E-state index in [0.29, 0.717) is 17.9 Å². The summed E-state index contributed by atoms with van der Waals surface area (Å²) in [6, 6.07) is 0. The second-order valence-electron chi connectivity index (χ2n) is 4.71. The van der Waals surface area contributed by atoms with Gasteiger partial charge in [-0.05, 0) is 26.2 Å². The highest BCUT2D eigenvalue weighted by atomic mass is 16.7. The van der Waals surface area contributed by atoms with E-state index < -0.39 is 0 Å². The standard InChI is InChI=1S/C11H22O2/c1-6-9-7-12-11(4,5)13-10(9)8(2)3/h8-10H,6-7H2,1-5H3/t9-,10-/m1/s1. The Kier molecular flexibility index (Phi) is 3.36. The molecule has 0 radical (unpaired) electrons. The lowest BCUT2D eigenvalue weighted by molar-refractivity contribution is -0.301. The fourth-order valence-corrected chi connectivity index (χ4v) is 1.89. The fourth-order valence-electron chi connectivity index (χ4n) is 1.89. The van der Waals surface area contributed by atoms with Crippen molar-refractivity contribution in [2.45, 2.75) is 52.9 Å².